The molecule has 0 spiro atoms. The number of aliphatic carboxylic acids is 1. The zero-order valence-corrected chi connectivity index (χ0v) is 11.0. The lowest BCUT2D eigenvalue weighted by molar-refractivity contribution is -0.140. The van der Waals surface area contributed by atoms with Crippen molar-refractivity contribution in [2.75, 3.05) is 13.4 Å². The van der Waals surface area contributed by atoms with Gasteiger partial charge in [0.1, 0.15) is 5.75 Å². The van der Waals surface area contributed by atoms with E-state index in [9.17, 15) is 18.3 Å². The van der Waals surface area contributed by atoms with E-state index in [1.54, 1.807) is 0 Å². The van der Waals surface area contributed by atoms with E-state index in [4.69, 9.17) is 4.74 Å². The van der Waals surface area contributed by atoms with Crippen LogP contribution in [0.3, 0.4) is 0 Å². The summed E-state index contributed by atoms with van der Waals surface area (Å²) in [5, 5.41) is 9.27. The van der Waals surface area contributed by atoms with Gasteiger partial charge >= 0.3 is 5.97 Å². The van der Waals surface area contributed by atoms with Gasteiger partial charge in [0.25, 0.3) is 0 Å². The molecule has 1 aromatic carbocycles. The summed E-state index contributed by atoms with van der Waals surface area (Å²) in [4.78, 5) is 11.4. The number of carboxylic acids is 1. The first-order valence-electron chi connectivity index (χ1n) is 5.43. The molecule has 0 radical (unpaired) electrons. The van der Waals surface area contributed by atoms with Gasteiger partial charge in [0.05, 0.1) is 17.4 Å². The zero-order chi connectivity index (χ0) is 13.6. The first-order chi connectivity index (χ1) is 8.31. The highest BCUT2D eigenvalue weighted by atomic mass is 32.2. The Bertz CT molecular complexity index is 599. The minimum Gasteiger partial charge on any atom is -0.496 e. The van der Waals surface area contributed by atoms with Crippen LogP contribution >= 0.6 is 0 Å². The quantitative estimate of drug-likeness (QED) is 0.889. The fraction of sp³-hybridized carbons (Fsp3) is 0.417. The fourth-order valence-electron chi connectivity index (χ4n) is 2.02. The summed E-state index contributed by atoms with van der Waals surface area (Å²) in [6, 6.07) is 4.35. The summed E-state index contributed by atoms with van der Waals surface area (Å²) in [6.07, 6.45) is 2.11. The molecule has 5 nitrogen and oxygen atoms in total. The van der Waals surface area contributed by atoms with Gasteiger partial charge in [0.2, 0.25) is 0 Å². The van der Waals surface area contributed by atoms with Crippen molar-refractivity contribution in [1.82, 2.24) is 0 Å². The van der Waals surface area contributed by atoms with Gasteiger partial charge in [0.15, 0.2) is 9.84 Å². The summed E-state index contributed by atoms with van der Waals surface area (Å²) < 4.78 is 28.2. The largest absolute Gasteiger partial charge is 0.496 e. The van der Waals surface area contributed by atoms with Crippen LogP contribution in [0.2, 0.25) is 0 Å². The average molecular weight is 270 g/mol. The second-order valence-corrected chi connectivity index (χ2v) is 6.54. The third kappa shape index (κ3) is 1.96. The van der Waals surface area contributed by atoms with E-state index in [0.717, 1.165) is 6.26 Å². The molecule has 0 heterocycles. The summed E-state index contributed by atoms with van der Waals surface area (Å²) in [5.41, 5.74) is -0.535. The molecule has 0 aromatic heterocycles. The van der Waals surface area contributed by atoms with E-state index in [1.807, 2.05) is 0 Å². The number of ether oxygens (including phenoxy) is 1. The van der Waals surface area contributed by atoms with Crippen LogP contribution in [-0.2, 0) is 20.0 Å². The molecule has 18 heavy (non-hydrogen) atoms. The number of carboxylic acid groups (broad SMARTS) is 1. The van der Waals surface area contributed by atoms with Crippen LogP contribution in [0.25, 0.3) is 0 Å². The van der Waals surface area contributed by atoms with Gasteiger partial charge in [-0.15, -0.1) is 0 Å². The standard InChI is InChI=1S/C12H14O5S/c1-17-10-4-3-8(18(2,15)16)7-9(10)12(5-6-12)11(13)14/h3-4,7H,5-6H2,1-2H3,(H,13,14). The van der Waals surface area contributed by atoms with Crippen LogP contribution in [0.4, 0.5) is 0 Å². The highest BCUT2D eigenvalue weighted by Crippen LogP contribution is 2.51. The van der Waals surface area contributed by atoms with Crippen LogP contribution < -0.4 is 4.74 Å². The fourth-order valence-corrected chi connectivity index (χ4v) is 2.66. The Morgan fingerprint density at radius 3 is 2.39 bits per heavy atom. The minimum atomic E-state index is -3.36. The van der Waals surface area contributed by atoms with Crippen molar-refractivity contribution in [2.24, 2.45) is 0 Å². The van der Waals surface area contributed by atoms with E-state index < -0.39 is 21.2 Å². The number of hydrogen-bond donors (Lipinski definition) is 1. The molecule has 0 saturated heterocycles. The summed E-state index contributed by atoms with van der Waals surface area (Å²) in [7, 11) is -1.92. The predicted octanol–water partition coefficient (Wildman–Crippen LogP) is 1.21. The first kappa shape index (κ1) is 12.9. The molecule has 0 unspecified atom stereocenters. The number of rotatable bonds is 4. The third-order valence-electron chi connectivity index (χ3n) is 3.27. The Morgan fingerprint density at radius 2 is 2.00 bits per heavy atom. The van der Waals surface area contributed by atoms with Gasteiger partial charge in [-0.2, -0.15) is 0 Å². The Kier molecular flexibility index (Phi) is 2.85. The molecule has 1 aliphatic rings. The predicted molar refractivity (Wildman–Crippen MR) is 64.7 cm³/mol. The van der Waals surface area contributed by atoms with Gasteiger partial charge in [0, 0.05) is 11.8 Å². The maximum Gasteiger partial charge on any atom is 0.314 e. The Labute approximate surface area is 105 Å². The van der Waals surface area contributed by atoms with Crippen LogP contribution in [0.1, 0.15) is 18.4 Å². The lowest BCUT2D eigenvalue weighted by Gasteiger charge is -2.15. The molecule has 1 fully saturated rings. The van der Waals surface area contributed by atoms with Gasteiger partial charge in [-0.1, -0.05) is 0 Å². The molecule has 0 aliphatic heterocycles. The molecule has 2 rings (SSSR count). The molecule has 0 amide bonds. The normalized spacial score (nSPS) is 17.2. The monoisotopic (exact) mass is 270 g/mol. The third-order valence-corrected chi connectivity index (χ3v) is 4.38. The van der Waals surface area contributed by atoms with Crippen LogP contribution in [-0.4, -0.2) is 32.9 Å². The highest BCUT2D eigenvalue weighted by Gasteiger charge is 2.53. The summed E-state index contributed by atoms with van der Waals surface area (Å²) in [5.74, 6) is -0.520. The number of carbonyl (C=O) groups is 1. The molecule has 1 N–H and O–H groups in total. The van der Waals surface area contributed by atoms with Crippen molar-refractivity contribution < 1.29 is 23.1 Å². The first-order valence-corrected chi connectivity index (χ1v) is 7.32. The number of methoxy groups -OCH3 is 1. The van der Waals surface area contributed by atoms with E-state index >= 15 is 0 Å². The summed E-state index contributed by atoms with van der Waals surface area (Å²) >= 11 is 0. The number of hydrogen-bond acceptors (Lipinski definition) is 4. The molecular formula is C12H14O5S. The van der Waals surface area contributed by atoms with Crippen LogP contribution in [0.15, 0.2) is 23.1 Å². The van der Waals surface area contributed by atoms with Crippen molar-refractivity contribution in [3.05, 3.63) is 23.8 Å². The van der Waals surface area contributed by atoms with Crippen LogP contribution in [0, 0.1) is 0 Å². The molecule has 1 aromatic rings. The van der Waals surface area contributed by atoms with Crippen molar-refractivity contribution in [2.45, 2.75) is 23.2 Å². The SMILES string of the molecule is COc1ccc(S(C)(=O)=O)cc1C1(C(=O)O)CC1. The topological polar surface area (TPSA) is 80.7 Å². The molecule has 98 valence electrons. The van der Waals surface area contributed by atoms with Crippen molar-refractivity contribution in [3.8, 4) is 5.75 Å². The number of benzene rings is 1. The Balaban J connectivity index is 2.61. The number of sulfone groups is 1. The molecule has 6 heteroatoms. The molecule has 1 saturated carbocycles. The van der Waals surface area contributed by atoms with Gasteiger partial charge < -0.3 is 9.84 Å². The minimum absolute atomic E-state index is 0.117. The van der Waals surface area contributed by atoms with Crippen molar-refractivity contribution >= 4 is 15.8 Å². The average Bonchev–Trinajstić information content (AvgIpc) is 3.08. The smallest absolute Gasteiger partial charge is 0.314 e. The highest BCUT2D eigenvalue weighted by molar-refractivity contribution is 7.90. The van der Waals surface area contributed by atoms with E-state index in [2.05, 4.69) is 0 Å². The van der Waals surface area contributed by atoms with Crippen LogP contribution in [0.5, 0.6) is 5.75 Å². The van der Waals surface area contributed by atoms with Gasteiger partial charge in [-0.3, -0.25) is 4.79 Å². The second-order valence-electron chi connectivity index (χ2n) is 4.52. The molecule has 0 bridgehead atoms. The molecular weight excluding hydrogens is 256 g/mol. The maximum absolute atomic E-state index is 11.5. The van der Waals surface area contributed by atoms with Crippen molar-refractivity contribution in [3.63, 3.8) is 0 Å². The second kappa shape index (κ2) is 3.98. The van der Waals surface area contributed by atoms with Gasteiger partial charge in [-0.25, -0.2) is 8.42 Å². The van der Waals surface area contributed by atoms with Gasteiger partial charge in [-0.05, 0) is 31.0 Å². The zero-order valence-electron chi connectivity index (χ0n) is 10.1. The van der Waals surface area contributed by atoms with E-state index in [1.165, 1.54) is 25.3 Å². The van der Waals surface area contributed by atoms with Crippen molar-refractivity contribution in [1.29, 1.82) is 0 Å². The lowest BCUT2D eigenvalue weighted by atomic mass is 9.95. The maximum atomic E-state index is 11.5. The van der Waals surface area contributed by atoms with E-state index in [0.29, 0.717) is 24.2 Å². The van der Waals surface area contributed by atoms with E-state index in [-0.39, 0.29) is 4.90 Å². The molecule has 1 aliphatic carbocycles. The summed E-state index contributed by atoms with van der Waals surface area (Å²) in [6.45, 7) is 0. The lowest BCUT2D eigenvalue weighted by Crippen LogP contribution is -2.20. The Morgan fingerprint density at radius 1 is 1.39 bits per heavy atom. The Hall–Kier alpha value is -1.56. The molecule has 0 atom stereocenters.